The molecule has 1 atom stereocenters. The van der Waals surface area contributed by atoms with Gasteiger partial charge in [0.05, 0.1) is 16.3 Å². The molecule has 1 fully saturated rings. The Hall–Kier alpha value is -2.57. The number of rotatable bonds is 7. The minimum Gasteiger partial charge on any atom is -0.380 e. The minimum atomic E-state index is -3.62. The van der Waals surface area contributed by atoms with Gasteiger partial charge in [-0.3, -0.25) is 9.79 Å². The van der Waals surface area contributed by atoms with E-state index in [4.69, 9.17) is 11.6 Å². The topological polar surface area (TPSA) is 105 Å². The number of benzene rings is 2. The number of sulfone groups is 1. The molecule has 0 spiro atoms. The zero-order chi connectivity index (χ0) is 27.7. The summed E-state index contributed by atoms with van der Waals surface area (Å²) in [5.41, 5.74) is 0.795. The van der Waals surface area contributed by atoms with Crippen molar-refractivity contribution in [3.8, 4) is 0 Å². The molecule has 1 N–H and O–H groups in total. The molecule has 0 bridgehead atoms. The third-order valence-electron chi connectivity index (χ3n) is 7.17. The molecular weight excluding hydrogens is 576 g/mol. The van der Waals surface area contributed by atoms with Crippen LogP contribution in [-0.2, 0) is 21.7 Å². The van der Waals surface area contributed by atoms with Crippen molar-refractivity contribution in [1.82, 2.24) is 14.5 Å². The average Bonchev–Trinajstić information content (AvgIpc) is 3.59. The van der Waals surface area contributed by atoms with Crippen LogP contribution in [0.5, 0.6) is 0 Å². The lowest BCUT2D eigenvalue weighted by atomic mass is 9.93. The van der Waals surface area contributed by atoms with E-state index in [2.05, 4.69) is 9.98 Å². The Morgan fingerprint density at radius 1 is 1.21 bits per heavy atom. The second kappa shape index (κ2) is 11.5. The minimum absolute atomic E-state index is 0.0630. The van der Waals surface area contributed by atoms with Crippen molar-refractivity contribution < 1.29 is 18.3 Å². The van der Waals surface area contributed by atoms with Crippen LogP contribution in [0.2, 0.25) is 5.02 Å². The molecular formula is C27H29ClN4O4S3. The number of likely N-dealkylation sites (tertiary alicyclic amines) is 1. The fraction of sp³-hybridized carbons (Fsp3) is 0.370. The first-order valence-corrected chi connectivity index (χ1v) is 16.3. The van der Waals surface area contributed by atoms with Crippen LogP contribution in [0.4, 0.5) is 0 Å². The number of halogens is 1. The summed E-state index contributed by atoms with van der Waals surface area (Å²) in [6.45, 7) is 1.07. The smallest absolute Gasteiger partial charge is 0.223 e. The largest absolute Gasteiger partial charge is 0.380 e. The summed E-state index contributed by atoms with van der Waals surface area (Å²) in [6.07, 6.45) is 2.24. The van der Waals surface area contributed by atoms with Gasteiger partial charge in [0.15, 0.2) is 14.6 Å². The summed E-state index contributed by atoms with van der Waals surface area (Å²) in [6, 6.07) is 10.2. The van der Waals surface area contributed by atoms with Gasteiger partial charge < -0.3 is 14.6 Å². The van der Waals surface area contributed by atoms with Gasteiger partial charge in [-0.05, 0) is 53.8 Å². The van der Waals surface area contributed by atoms with Crippen LogP contribution in [0.1, 0.15) is 46.9 Å². The van der Waals surface area contributed by atoms with Gasteiger partial charge in [-0.15, -0.1) is 22.7 Å². The number of aliphatic hydroxyl groups is 1. The van der Waals surface area contributed by atoms with Crippen molar-refractivity contribution in [1.29, 1.82) is 0 Å². The second-order valence-corrected chi connectivity index (χ2v) is 14.0. The molecule has 206 valence electrons. The van der Waals surface area contributed by atoms with E-state index in [1.165, 1.54) is 11.3 Å². The molecule has 8 nitrogen and oxygen atoms in total. The zero-order valence-electron chi connectivity index (χ0n) is 21.6. The number of amides is 1. The molecule has 3 heterocycles. The number of carbonyl (C=O) groups is 1. The first-order valence-electron chi connectivity index (χ1n) is 12.6. The summed E-state index contributed by atoms with van der Waals surface area (Å²) in [7, 11) is 0.0195. The molecule has 0 saturated carbocycles. The van der Waals surface area contributed by atoms with Crippen molar-refractivity contribution in [3.05, 3.63) is 73.4 Å². The molecule has 2 aromatic heterocycles. The fourth-order valence-corrected chi connectivity index (χ4v) is 8.40. The first kappa shape index (κ1) is 28.0. The third-order valence-corrected chi connectivity index (χ3v) is 11.4. The Morgan fingerprint density at radius 2 is 1.92 bits per heavy atom. The number of piperidine rings is 1. The highest BCUT2D eigenvalue weighted by atomic mass is 35.5. The maximum atomic E-state index is 13.0. The van der Waals surface area contributed by atoms with E-state index < -0.39 is 15.9 Å². The van der Waals surface area contributed by atoms with Crippen LogP contribution in [0.3, 0.4) is 0 Å². The highest BCUT2D eigenvalue weighted by molar-refractivity contribution is 7.91. The maximum Gasteiger partial charge on any atom is 0.223 e. The predicted molar refractivity (Wildman–Crippen MR) is 155 cm³/mol. The molecule has 12 heteroatoms. The van der Waals surface area contributed by atoms with Crippen LogP contribution in [-0.4, -0.2) is 59.8 Å². The van der Waals surface area contributed by atoms with Gasteiger partial charge in [-0.25, -0.2) is 13.4 Å². The number of carbonyl (C=O) groups excluding carboxylic acids is 1. The molecule has 5 rings (SSSR count). The monoisotopic (exact) mass is 604 g/mol. The van der Waals surface area contributed by atoms with Gasteiger partial charge in [-0.1, -0.05) is 23.7 Å². The second-order valence-electron chi connectivity index (χ2n) is 9.57. The van der Waals surface area contributed by atoms with E-state index in [-0.39, 0.29) is 28.9 Å². The van der Waals surface area contributed by atoms with Crippen molar-refractivity contribution in [2.45, 2.75) is 36.2 Å². The summed E-state index contributed by atoms with van der Waals surface area (Å²) < 4.78 is 27.9. The number of aliphatic hydroxyl groups excluding tert-OH is 1. The predicted octanol–water partition coefficient (Wildman–Crippen LogP) is 4.53. The number of fused-ring (bicyclic) bond motifs is 1. The Kier molecular flexibility index (Phi) is 8.25. The van der Waals surface area contributed by atoms with Crippen LogP contribution < -0.4 is 4.80 Å². The standard InChI is InChI=1S/C27H29ClN4O4S3/c1-29-27-31(2)23(24(34)26-30-10-13-37-26)25(38-27)17-7-11-32(12-8-17)22(33)9-14-39(35,36)21-6-4-18-15-20(28)5-3-19(18)16-21/h3-6,10,13,15-17,24,34H,7-9,11-12,14H2,1-2H3/b29-27-. The number of hydrogen-bond acceptors (Lipinski definition) is 8. The lowest BCUT2D eigenvalue weighted by molar-refractivity contribution is -0.131. The van der Waals surface area contributed by atoms with Gasteiger partial charge in [0.2, 0.25) is 5.91 Å². The zero-order valence-corrected chi connectivity index (χ0v) is 24.8. The summed E-state index contributed by atoms with van der Waals surface area (Å²) in [5, 5.41) is 15.8. The van der Waals surface area contributed by atoms with Crippen LogP contribution in [0.25, 0.3) is 10.8 Å². The fourth-order valence-electron chi connectivity index (χ4n) is 5.06. The van der Waals surface area contributed by atoms with Crippen molar-refractivity contribution in [2.24, 2.45) is 12.0 Å². The third kappa shape index (κ3) is 5.83. The Balaban J connectivity index is 1.24. The van der Waals surface area contributed by atoms with E-state index in [1.807, 2.05) is 17.0 Å². The SMILES string of the molecule is C/N=c1\sc(C2CCN(C(=O)CCS(=O)(=O)c3ccc4cc(Cl)ccc4c3)CC2)c(C(O)c2nccs2)n1C. The Labute approximate surface area is 240 Å². The van der Waals surface area contributed by atoms with Gasteiger partial charge in [-0.2, -0.15) is 0 Å². The average molecular weight is 605 g/mol. The molecule has 1 aliphatic rings. The molecule has 1 amide bonds. The van der Waals surface area contributed by atoms with E-state index in [1.54, 1.807) is 65.9 Å². The highest BCUT2D eigenvalue weighted by Gasteiger charge is 2.31. The lowest BCUT2D eigenvalue weighted by Crippen LogP contribution is -2.38. The van der Waals surface area contributed by atoms with E-state index in [9.17, 15) is 18.3 Å². The quantitative estimate of drug-likeness (QED) is 0.334. The van der Waals surface area contributed by atoms with E-state index in [0.717, 1.165) is 39.0 Å². The maximum absolute atomic E-state index is 13.0. The van der Waals surface area contributed by atoms with Gasteiger partial charge in [0.25, 0.3) is 0 Å². The van der Waals surface area contributed by atoms with Crippen molar-refractivity contribution in [2.75, 3.05) is 25.9 Å². The molecule has 1 saturated heterocycles. The van der Waals surface area contributed by atoms with Crippen molar-refractivity contribution in [3.63, 3.8) is 0 Å². The summed E-state index contributed by atoms with van der Waals surface area (Å²) >= 11 is 9.00. The molecule has 4 aromatic rings. The highest BCUT2D eigenvalue weighted by Crippen LogP contribution is 2.37. The number of aromatic nitrogens is 2. The number of nitrogens with zero attached hydrogens (tertiary/aromatic N) is 4. The molecule has 39 heavy (non-hydrogen) atoms. The number of thiazole rings is 2. The van der Waals surface area contributed by atoms with E-state index in [0.29, 0.717) is 23.1 Å². The lowest BCUT2D eigenvalue weighted by Gasteiger charge is -2.32. The molecule has 2 aromatic carbocycles. The molecule has 1 aliphatic heterocycles. The van der Waals surface area contributed by atoms with E-state index >= 15 is 0 Å². The number of hydrogen-bond donors (Lipinski definition) is 1. The normalized spacial score (nSPS) is 16.2. The van der Waals surface area contributed by atoms with Gasteiger partial charge in [0.1, 0.15) is 11.1 Å². The van der Waals surface area contributed by atoms with Gasteiger partial charge >= 0.3 is 0 Å². The summed E-state index contributed by atoms with van der Waals surface area (Å²) in [4.78, 5) is 25.5. The molecule has 0 aliphatic carbocycles. The van der Waals surface area contributed by atoms with Crippen molar-refractivity contribution >= 4 is 60.8 Å². The Bertz CT molecular complexity index is 1670. The van der Waals surface area contributed by atoms with Crippen LogP contribution in [0, 0.1) is 0 Å². The Morgan fingerprint density at radius 3 is 2.62 bits per heavy atom. The summed E-state index contributed by atoms with van der Waals surface area (Å²) in [5.74, 6) is -0.231. The van der Waals surface area contributed by atoms with Crippen LogP contribution in [0.15, 0.2) is 57.9 Å². The molecule has 0 radical (unpaired) electrons. The first-order chi connectivity index (χ1) is 18.7. The molecule has 1 unspecified atom stereocenters. The van der Waals surface area contributed by atoms with Gasteiger partial charge in [0, 0.05) is 55.1 Å². The van der Waals surface area contributed by atoms with Crippen LogP contribution >= 0.6 is 34.3 Å².